The number of hydrogen-bond donors (Lipinski definition) is 2. The molecule has 5 rings (SSSR count). The molecule has 2 aliphatic rings. The lowest BCUT2D eigenvalue weighted by Gasteiger charge is -2.23. The molecule has 2 aliphatic heterocycles. The Morgan fingerprint density at radius 1 is 1.16 bits per heavy atom. The van der Waals surface area contributed by atoms with Gasteiger partial charge in [0.15, 0.2) is 0 Å². The van der Waals surface area contributed by atoms with Crippen LogP contribution in [0.1, 0.15) is 30.5 Å². The zero-order valence-corrected chi connectivity index (χ0v) is 18.4. The van der Waals surface area contributed by atoms with Gasteiger partial charge in [-0.2, -0.15) is 5.10 Å². The molecule has 1 atom stereocenters. The number of fused-ring (bicyclic) bond motifs is 3. The zero-order valence-electron chi connectivity index (χ0n) is 17.7. The van der Waals surface area contributed by atoms with E-state index in [2.05, 4.69) is 46.1 Å². The Balaban J connectivity index is 1.63. The number of benzene rings is 2. The minimum atomic E-state index is -0.351. The Kier molecular flexibility index (Phi) is 4.87. The van der Waals surface area contributed by atoms with Gasteiger partial charge in [-0.15, -0.1) is 5.53 Å². The van der Waals surface area contributed by atoms with Gasteiger partial charge in [0.1, 0.15) is 5.82 Å². The summed E-state index contributed by atoms with van der Waals surface area (Å²) in [5.41, 5.74) is 10.9. The first kappa shape index (κ1) is 19.9. The van der Waals surface area contributed by atoms with E-state index < -0.39 is 0 Å². The number of rotatable bonds is 3. The van der Waals surface area contributed by atoms with Crippen molar-refractivity contribution in [1.29, 1.82) is 0 Å². The lowest BCUT2D eigenvalue weighted by atomic mass is 9.93. The lowest BCUT2D eigenvalue weighted by molar-refractivity contribution is 0.160. The molecule has 31 heavy (non-hydrogen) atoms. The van der Waals surface area contributed by atoms with Crippen molar-refractivity contribution in [3.63, 3.8) is 0 Å². The van der Waals surface area contributed by atoms with Crippen LogP contribution < -0.4 is 10.9 Å². The van der Waals surface area contributed by atoms with Gasteiger partial charge >= 0.3 is 0 Å². The molecule has 1 unspecified atom stereocenters. The second-order valence-corrected chi connectivity index (χ2v) is 8.53. The molecule has 0 radical (unpaired) electrons. The first-order chi connectivity index (χ1) is 14.9. The summed E-state index contributed by atoms with van der Waals surface area (Å²) < 4.78 is 15.8. The number of hydrogen-bond acceptors (Lipinski definition) is 5. The van der Waals surface area contributed by atoms with Gasteiger partial charge in [-0.1, -0.05) is 23.7 Å². The zero-order chi connectivity index (χ0) is 21.7. The van der Waals surface area contributed by atoms with E-state index in [1.807, 2.05) is 31.5 Å². The SMILES string of the molecule is CC1=C2c3ccc(-c4cnn(C)c4)cc3C(Nc3cc(F)cc(Cl)c3)CCN2NN1C. The van der Waals surface area contributed by atoms with Gasteiger partial charge in [0.2, 0.25) is 0 Å². The first-order valence-corrected chi connectivity index (χ1v) is 10.6. The molecule has 0 spiro atoms. The van der Waals surface area contributed by atoms with Gasteiger partial charge in [0.05, 0.1) is 23.6 Å². The topological polar surface area (TPSA) is 48.4 Å². The molecule has 0 bridgehead atoms. The fraction of sp³-hybridized carbons (Fsp3) is 0.261. The second kappa shape index (κ2) is 7.59. The number of aryl methyl sites for hydroxylation is 1. The summed E-state index contributed by atoms with van der Waals surface area (Å²) in [6.07, 6.45) is 4.71. The van der Waals surface area contributed by atoms with E-state index in [0.29, 0.717) is 10.7 Å². The number of hydrazine groups is 2. The Hall–Kier alpha value is -3.03. The van der Waals surface area contributed by atoms with Crippen molar-refractivity contribution < 1.29 is 4.39 Å². The van der Waals surface area contributed by atoms with Crippen LogP contribution in [0.25, 0.3) is 16.8 Å². The molecule has 2 N–H and O–H groups in total. The van der Waals surface area contributed by atoms with Crippen LogP contribution >= 0.6 is 11.6 Å². The molecule has 8 heteroatoms. The normalized spacial score (nSPS) is 18.2. The molecule has 3 aromatic rings. The number of allylic oxidation sites excluding steroid dienone is 1. The minimum absolute atomic E-state index is 0.0116. The molecule has 0 aliphatic carbocycles. The summed E-state index contributed by atoms with van der Waals surface area (Å²) >= 11 is 6.10. The van der Waals surface area contributed by atoms with Crippen molar-refractivity contribution in [2.45, 2.75) is 19.4 Å². The van der Waals surface area contributed by atoms with Gasteiger partial charge in [0, 0.05) is 48.7 Å². The van der Waals surface area contributed by atoms with Gasteiger partial charge in [0.25, 0.3) is 0 Å². The average molecular weight is 439 g/mol. The van der Waals surface area contributed by atoms with Crippen LogP contribution in [-0.4, -0.2) is 33.4 Å². The number of anilines is 1. The van der Waals surface area contributed by atoms with Crippen LogP contribution in [0.5, 0.6) is 0 Å². The molecule has 0 amide bonds. The molecule has 6 nitrogen and oxygen atoms in total. The van der Waals surface area contributed by atoms with E-state index >= 15 is 0 Å². The Morgan fingerprint density at radius 2 is 2.00 bits per heavy atom. The molecular formula is C23H24ClFN6. The molecule has 3 heterocycles. The average Bonchev–Trinajstić information content (AvgIpc) is 3.23. The predicted molar refractivity (Wildman–Crippen MR) is 121 cm³/mol. The Morgan fingerprint density at radius 3 is 2.74 bits per heavy atom. The molecular weight excluding hydrogens is 415 g/mol. The second-order valence-electron chi connectivity index (χ2n) is 8.09. The minimum Gasteiger partial charge on any atom is -0.378 e. The fourth-order valence-electron chi connectivity index (χ4n) is 4.38. The summed E-state index contributed by atoms with van der Waals surface area (Å²) in [7, 11) is 3.93. The predicted octanol–water partition coefficient (Wildman–Crippen LogP) is 4.79. The van der Waals surface area contributed by atoms with E-state index in [9.17, 15) is 4.39 Å². The number of nitrogens with one attached hydrogen (secondary N) is 2. The molecule has 160 valence electrons. The van der Waals surface area contributed by atoms with Crippen LogP contribution in [0.3, 0.4) is 0 Å². The summed E-state index contributed by atoms with van der Waals surface area (Å²) in [6.45, 7) is 2.91. The van der Waals surface area contributed by atoms with Crippen LogP contribution in [0.15, 0.2) is 54.5 Å². The van der Waals surface area contributed by atoms with E-state index in [0.717, 1.165) is 46.6 Å². The van der Waals surface area contributed by atoms with Crippen LogP contribution in [-0.2, 0) is 7.05 Å². The van der Waals surface area contributed by atoms with Crippen molar-refractivity contribution >= 4 is 23.0 Å². The van der Waals surface area contributed by atoms with Gasteiger partial charge in [-0.3, -0.25) is 14.7 Å². The summed E-state index contributed by atoms with van der Waals surface area (Å²) in [5, 5.41) is 12.4. The highest BCUT2D eigenvalue weighted by atomic mass is 35.5. The van der Waals surface area contributed by atoms with Crippen molar-refractivity contribution in [2.24, 2.45) is 7.05 Å². The number of aromatic nitrogens is 2. The van der Waals surface area contributed by atoms with E-state index in [1.165, 1.54) is 12.1 Å². The Labute approximate surface area is 185 Å². The number of halogens is 2. The number of nitrogens with zero attached hydrogens (tertiary/aromatic N) is 4. The maximum atomic E-state index is 14.0. The molecule has 2 aromatic carbocycles. The highest BCUT2D eigenvalue weighted by Gasteiger charge is 2.32. The van der Waals surface area contributed by atoms with E-state index in [1.54, 1.807) is 10.7 Å². The highest BCUT2D eigenvalue weighted by molar-refractivity contribution is 6.30. The van der Waals surface area contributed by atoms with Crippen LogP contribution in [0, 0.1) is 5.82 Å². The summed E-state index contributed by atoms with van der Waals surface area (Å²) in [4.78, 5) is 0. The smallest absolute Gasteiger partial charge is 0.126 e. The Bertz CT molecular complexity index is 1170. The van der Waals surface area contributed by atoms with Crippen molar-refractivity contribution in [2.75, 3.05) is 18.9 Å². The van der Waals surface area contributed by atoms with Gasteiger partial charge in [-0.25, -0.2) is 4.39 Å². The third-order valence-electron chi connectivity index (χ3n) is 5.95. The van der Waals surface area contributed by atoms with Crippen molar-refractivity contribution in [1.82, 2.24) is 25.3 Å². The maximum absolute atomic E-state index is 14.0. The molecule has 0 fully saturated rings. The van der Waals surface area contributed by atoms with Gasteiger partial charge < -0.3 is 5.32 Å². The third-order valence-corrected chi connectivity index (χ3v) is 6.17. The first-order valence-electron chi connectivity index (χ1n) is 10.2. The van der Waals surface area contributed by atoms with Crippen LogP contribution in [0.4, 0.5) is 10.1 Å². The monoisotopic (exact) mass is 438 g/mol. The lowest BCUT2D eigenvalue weighted by Crippen LogP contribution is -2.39. The van der Waals surface area contributed by atoms with E-state index in [4.69, 9.17) is 11.6 Å². The van der Waals surface area contributed by atoms with Crippen LogP contribution in [0.2, 0.25) is 5.02 Å². The standard InChI is InChI=1S/C23H24ClFN6/c1-14-23-20-5-4-15(16-12-26-29(2)13-16)8-21(20)22(6-7-31(23)28-30(14)3)27-19-10-17(24)9-18(25)11-19/h4-5,8-13,22,27-28H,6-7H2,1-3H3. The van der Waals surface area contributed by atoms with Crippen molar-refractivity contribution in [3.05, 3.63) is 76.5 Å². The maximum Gasteiger partial charge on any atom is 0.126 e. The summed E-state index contributed by atoms with van der Waals surface area (Å²) in [5.74, 6) is -0.351. The van der Waals surface area contributed by atoms with E-state index in [-0.39, 0.29) is 11.9 Å². The quantitative estimate of drug-likeness (QED) is 0.615. The molecule has 1 aromatic heterocycles. The third kappa shape index (κ3) is 3.64. The van der Waals surface area contributed by atoms with Crippen molar-refractivity contribution in [3.8, 4) is 11.1 Å². The van der Waals surface area contributed by atoms with Gasteiger partial charge in [-0.05, 0) is 48.7 Å². The molecule has 0 saturated heterocycles. The summed E-state index contributed by atoms with van der Waals surface area (Å²) in [6, 6.07) is 11.1. The molecule has 0 saturated carbocycles. The fourth-order valence-corrected chi connectivity index (χ4v) is 4.60. The largest absolute Gasteiger partial charge is 0.378 e. The highest BCUT2D eigenvalue weighted by Crippen LogP contribution is 2.40.